The second kappa shape index (κ2) is 9.39. The number of hydrogen-bond acceptors (Lipinski definition) is 2. The first-order valence-electron chi connectivity index (χ1n) is 14.4. The van der Waals surface area contributed by atoms with Crippen LogP contribution in [0.3, 0.4) is 0 Å². The second-order valence-electron chi connectivity index (χ2n) is 11.2. The summed E-state index contributed by atoms with van der Waals surface area (Å²) in [6.45, 7) is 7.52. The predicted molar refractivity (Wildman–Crippen MR) is 180 cm³/mol. The van der Waals surface area contributed by atoms with Crippen molar-refractivity contribution < 1.29 is 4.42 Å². The van der Waals surface area contributed by atoms with Gasteiger partial charge in [0.1, 0.15) is 11.2 Å². The van der Waals surface area contributed by atoms with E-state index in [-0.39, 0.29) is 0 Å². The van der Waals surface area contributed by atoms with Crippen LogP contribution in [-0.2, 0) is 11.5 Å². The van der Waals surface area contributed by atoms with Crippen LogP contribution in [0.25, 0.3) is 76.5 Å². The van der Waals surface area contributed by atoms with E-state index in [1.54, 1.807) is 0 Å². The van der Waals surface area contributed by atoms with E-state index in [2.05, 4.69) is 106 Å². The second-order valence-corrected chi connectivity index (χ2v) is 12.2. The zero-order valence-electron chi connectivity index (χ0n) is 23.2. The van der Waals surface area contributed by atoms with Crippen molar-refractivity contribution in [3.8, 4) is 27.9 Å². The van der Waals surface area contributed by atoms with E-state index in [9.17, 15) is 0 Å². The number of para-hydroxylation sites is 2. The molecule has 0 amide bonds. The molecular weight excluding hydrogens is 545 g/mol. The normalized spacial score (nSPS) is 12.8. The lowest BCUT2D eigenvalue weighted by Crippen LogP contribution is -1.97. The lowest BCUT2D eigenvalue weighted by Gasteiger charge is -2.15. The summed E-state index contributed by atoms with van der Waals surface area (Å²) in [6, 6.07) is 43.2. The summed E-state index contributed by atoms with van der Waals surface area (Å²) in [4.78, 5) is 3.69. The molecule has 1 aliphatic heterocycles. The number of benzene rings is 6. The fourth-order valence-electron chi connectivity index (χ4n) is 6.72. The summed E-state index contributed by atoms with van der Waals surface area (Å²) in [5.41, 5.74) is 13.7. The number of hydrogen-bond donors (Lipinski definition) is 0. The standard InChI is InChI=1S/C39H24N2OS/c1-40-28-13-16-37-34(21-28)31-6-2-4-8-36(31)41(37)29-14-15-30-27(18-29)23-43-22-26-11-10-24(19-33(26)30)25-12-17-39-35(20-25)32-7-3-5-9-38(32)42-39/h2-21H,22-23H2. The van der Waals surface area contributed by atoms with E-state index in [1.807, 2.05) is 36.0 Å². The van der Waals surface area contributed by atoms with E-state index in [0.717, 1.165) is 55.6 Å². The fraction of sp³-hybridized carbons (Fsp3) is 0.0513. The Morgan fingerprint density at radius 2 is 1.35 bits per heavy atom. The predicted octanol–water partition coefficient (Wildman–Crippen LogP) is 11.3. The van der Waals surface area contributed by atoms with Crippen molar-refractivity contribution in [2.75, 3.05) is 0 Å². The summed E-state index contributed by atoms with van der Waals surface area (Å²) < 4.78 is 8.43. The Bertz CT molecular complexity index is 2460. The van der Waals surface area contributed by atoms with Crippen LogP contribution in [-0.4, -0.2) is 4.57 Å². The van der Waals surface area contributed by atoms with Gasteiger partial charge in [0.05, 0.1) is 17.6 Å². The molecule has 1 aliphatic rings. The molecule has 0 spiro atoms. The molecule has 0 aliphatic carbocycles. The average Bonchev–Trinajstić information content (AvgIpc) is 3.53. The Labute approximate surface area is 252 Å². The molecule has 0 N–H and O–H groups in total. The maximum absolute atomic E-state index is 7.52. The van der Waals surface area contributed by atoms with Gasteiger partial charge in [-0.3, -0.25) is 0 Å². The van der Waals surface area contributed by atoms with Crippen molar-refractivity contribution in [1.29, 1.82) is 0 Å². The number of aromatic nitrogens is 1. The largest absolute Gasteiger partial charge is 0.456 e. The molecule has 202 valence electrons. The van der Waals surface area contributed by atoms with Gasteiger partial charge in [-0.05, 0) is 93.4 Å². The van der Waals surface area contributed by atoms with Crippen LogP contribution in [0.2, 0.25) is 0 Å². The number of thioether (sulfide) groups is 1. The molecule has 43 heavy (non-hydrogen) atoms. The van der Waals surface area contributed by atoms with Gasteiger partial charge in [0.25, 0.3) is 0 Å². The molecule has 0 saturated carbocycles. The van der Waals surface area contributed by atoms with Gasteiger partial charge in [-0.1, -0.05) is 66.7 Å². The minimum absolute atomic E-state index is 0.668. The number of fused-ring (bicyclic) bond motifs is 9. The SMILES string of the molecule is [C-]#[N+]c1ccc2c(c1)c1ccccc1n2-c1ccc2c(c1)CSCc1ccc(-c3ccc4oc5ccccc5c4c3)cc1-2. The third kappa shape index (κ3) is 3.75. The molecule has 0 bridgehead atoms. The fourth-order valence-corrected chi connectivity index (χ4v) is 7.75. The van der Waals surface area contributed by atoms with E-state index >= 15 is 0 Å². The topological polar surface area (TPSA) is 22.4 Å². The monoisotopic (exact) mass is 568 g/mol. The third-order valence-electron chi connectivity index (χ3n) is 8.76. The molecule has 4 heteroatoms. The molecule has 0 fully saturated rings. The highest BCUT2D eigenvalue weighted by Gasteiger charge is 2.19. The number of rotatable bonds is 2. The maximum atomic E-state index is 7.52. The highest BCUT2D eigenvalue weighted by molar-refractivity contribution is 7.97. The lowest BCUT2D eigenvalue weighted by molar-refractivity contribution is 0.669. The zero-order chi connectivity index (χ0) is 28.5. The Morgan fingerprint density at radius 1 is 0.581 bits per heavy atom. The molecule has 9 rings (SSSR count). The quantitative estimate of drug-likeness (QED) is 0.194. The van der Waals surface area contributed by atoms with Crippen LogP contribution in [0.15, 0.2) is 126 Å². The Balaban J connectivity index is 1.19. The van der Waals surface area contributed by atoms with Gasteiger partial charge >= 0.3 is 0 Å². The minimum atomic E-state index is 0.668. The molecule has 8 aromatic rings. The zero-order valence-corrected chi connectivity index (χ0v) is 24.0. The van der Waals surface area contributed by atoms with E-state index in [0.29, 0.717) is 5.69 Å². The number of nitrogens with zero attached hydrogens (tertiary/aromatic N) is 2. The summed E-state index contributed by atoms with van der Waals surface area (Å²) in [6.07, 6.45) is 0. The molecule has 2 aromatic heterocycles. The van der Waals surface area contributed by atoms with Crippen LogP contribution in [0.1, 0.15) is 11.1 Å². The van der Waals surface area contributed by atoms with Crippen molar-refractivity contribution in [1.82, 2.24) is 4.57 Å². The van der Waals surface area contributed by atoms with Gasteiger partial charge in [-0.25, -0.2) is 4.85 Å². The molecule has 3 heterocycles. The van der Waals surface area contributed by atoms with Crippen LogP contribution in [0.4, 0.5) is 5.69 Å². The van der Waals surface area contributed by atoms with Crippen LogP contribution in [0, 0.1) is 6.57 Å². The highest BCUT2D eigenvalue weighted by atomic mass is 32.2. The molecule has 6 aromatic carbocycles. The van der Waals surface area contributed by atoms with Gasteiger partial charge in [-0.15, -0.1) is 0 Å². The number of furan rings is 1. The van der Waals surface area contributed by atoms with Crippen LogP contribution >= 0.6 is 11.8 Å². The first-order valence-corrected chi connectivity index (χ1v) is 15.6. The first-order chi connectivity index (χ1) is 21.2. The lowest BCUT2D eigenvalue weighted by atomic mass is 9.92. The van der Waals surface area contributed by atoms with Gasteiger partial charge in [0.15, 0.2) is 5.69 Å². The van der Waals surface area contributed by atoms with Crippen molar-refractivity contribution >= 4 is 61.2 Å². The Morgan fingerprint density at radius 3 is 2.28 bits per heavy atom. The van der Waals surface area contributed by atoms with E-state index in [1.165, 1.54) is 38.8 Å². The maximum Gasteiger partial charge on any atom is 0.188 e. The molecule has 3 nitrogen and oxygen atoms in total. The van der Waals surface area contributed by atoms with Gasteiger partial charge in [0.2, 0.25) is 0 Å². The Kier molecular flexibility index (Phi) is 5.32. The average molecular weight is 569 g/mol. The van der Waals surface area contributed by atoms with Crippen LogP contribution < -0.4 is 0 Å². The van der Waals surface area contributed by atoms with E-state index < -0.39 is 0 Å². The van der Waals surface area contributed by atoms with Crippen molar-refractivity contribution in [3.63, 3.8) is 0 Å². The molecular formula is C39H24N2OS. The molecule has 0 saturated heterocycles. The molecule has 0 radical (unpaired) electrons. The summed E-state index contributed by atoms with van der Waals surface area (Å²) in [7, 11) is 0. The summed E-state index contributed by atoms with van der Waals surface area (Å²) in [5.74, 6) is 1.94. The molecule has 0 unspecified atom stereocenters. The van der Waals surface area contributed by atoms with Crippen molar-refractivity contribution in [2.45, 2.75) is 11.5 Å². The minimum Gasteiger partial charge on any atom is -0.456 e. The third-order valence-corrected chi connectivity index (χ3v) is 9.79. The van der Waals surface area contributed by atoms with Crippen molar-refractivity contribution in [2.24, 2.45) is 0 Å². The van der Waals surface area contributed by atoms with Crippen molar-refractivity contribution in [3.05, 3.63) is 144 Å². The van der Waals surface area contributed by atoms with Crippen LogP contribution in [0.5, 0.6) is 0 Å². The van der Waals surface area contributed by atoms with E-state index in [4.69, 9.17) is 11.0 Å². The first kappa shape index (κ1) is 24.4. The summed E-state index contributed by atoms with van der Waals surface area (Å²) >= 11 is 1.97. The Hall–Kier alpha value is -5.24. The highest BCUT2D eigenvalue weighted by Crippen LogP contribution is 2.41. The smallest absolute Gasteiger partial charge is 0.188 e. The van der Waals surface area contributed by atoms with Gasteiger partial charge in [-0.2, -0.15) is 11.8 Å². The van der Waals surface area contributed by atoms with Gasteiger partial charge < -0.3 is 8.98 Å². The van der Waals surface area contributed by atoms with Gasteiger partial charge in [0, 0.05) is 33.4 Å². The summed E-state index contributed by atoms with van der Waals surface area (Å²) in [5, 5.41) is 4.59. The molecule has 0 atom stereocenters.